The first-order chi connectivity index (χ1) is 9.17. The fraction of sp³-hybridized carbons (Fsp3) is 0.357. The number of rotatable bonds is 7. The van der Waals surface area contributed by atoms with Gasteiger partial charge < -0.3 is 15.2 Å². The number of carbonyl (C=O) groups excluding carboxylic acids is 1. The Balaban J connectivity index is 2.76. The molecule has 2 N–H and O–H groups in total. The molecule has 1 amide bonds. The molecule has 0 bridgehead atoms. The van der Waals surface area contributed by atoms with E-state index in [1.165, 1.54) is 6.08 Å². The Labute approximate surface area is 121 Å². The van der Waals surface area contributed by atoms with E-state index in [0.717, 1.165) is 22.2 Å². The zero-order valence-corrected chi connectivity index (χ0v) is 12.4. The van der Waals surface area contributed by atoms with Crippen molar-refractivity contribution >= 4 is 27.9 Å². The Morgan fingerprint density at radius 1 is 1.53 bits per heavy atom. The zero-order chi connectivity index (χ0) is 14.1. The Morgan fingerprint density at radius 3 is 3.00 bits per heavy atom. The van der Waals surface area contributed by atoms with Crippen molar-refractivity contribution in [3.05, 3.63) is 34.3 Å². The third-order valence-corrected chi connectivity index (χ3v) is 2.75. The summed E-state index contributed by atoms with van der Waals surface area (Å²) in [6.07, 6.45) is 4.05. The van der Waals surface area contributed by atoms with Crippen molar-refractivity contribution in [2.24, 2.45) is 0 Å². The van der Waals surface area contributed by atoms with E-state index < -0.39 is 0 Å². The van der Waals surface area contributed by atoms with E-state index >= 15 is 0 Å². The molecule has 0 fully saturated rings. The average molecular weight is 328 g/mol. The summed E-state index contributed by atoms with van der Waals surface area (Å²) in [5.41, 5.74) is 0.835. The van der Waals surface area contributed by atoms with Gasteiger partial charge in [0.05, 0.1) is 13.2 Å². The summed E-state index contributed by atoms with van der Waals surface area (Å²) in [5.74, 6) is 0.506. The first-order valence-corrected chi connectivity index (χ1v) is 6.95. The van der Waals surface area contributed by atoms with Crippen LogP contribution in [0.1, 0.15) is 18.9 Å². The molecule has 0 aliphatic rings. The minimum atomic E-state index is -0.240. The van der Waals surface area contributed by atoms with Gasteiger partial charge in [0.2, 0.25) is 5.91 Å². The maximum absolute atomic E-state index is 11.4. The minimum Gasteiger partial charge on any atom is -0.493 e. The lowest BCUT2D eigenvalue weighted by Crippen LogP contribution is -2.24. The number of ether oxygens (including phenoxy) is 1. The lowest BCUT2D eigenvalue weighted by Gasteiger charge is -2.08. The van der Waals surface area contributed by atoms with E-state index in [2.05, 4.69) is 21.2 Å². The fourth-order valence-corrected chi connectivity index (χ4v) is 1.78. The number of halogens is 1. The summed E-state index contributed by atoms with van der Waals surface area (Å²) in [6.45, 7) is 2.86. The molecule has 0 aromatic heterocycles. The second-order valence-electron chi connectivity index (χ2n) is 3.88. The van der Waals surface area contributed by atoms with Gasteiger partial charge in [-0.15, -0.1) is 0 Å². The monoisotopic (exact) mass is 327 g/mol. The SMILES string of the molecule is CCCOc1ccc(Br)cc1/C=C/C(=O)NCCO. The Hall–Kier alpha value is -1.33. The van der Waals surface area contributed by atoms with Crippen LogP contribution in [0.15, 0.2) is 28.7 Å². The first kappa shape index (κ1) is 15.7. The number of aliphatic hydroxyl groups excluding tert-OH is 1. The molecule has 1 aromatic rings. The standard InChI is InChI=1S/C14H18BrNO3/c1-2-9-19-13-5-4-12(15)10-11(13)3-6-14(18)16-7-8-17/h3-6,10,17H,2,7-9H2,1H3,(H,16,18)/b6-3+. The molecule has 0 heterocycles. The molecule has 0 atom stereocenters. The Morgan fingerprint density at radius 2 is 2.32 bits per heavy atom. The summed E-state index contributed by atoms with van der Waals surface area (Å²) in [5, 5.41) is 11.2. The number of nitrogens with one attached hydrogen (secondary N) is 1. The topological polar surface area (TPSA) is 58.6 Å². The van der Waals surface area contributed by atoms with Gasteiger partial charge in [0, 0.05) is 22.7 Å². The van der Waals surface area contributed by atoms with Crippen molar-refractivity contribution < 1.29 is 14.6 Å². The van der Waals surface area contributed by atoms with Crippen LogP contribution >= 0.6 is 15.9 Å². The molecule has 0 aliphatic heterocycles. The molecule has 5 heteroatoms. The molecule has 0 radical (unpaired) electrons. The summed E-state index contributed by atoms with van der Waals surface area (Å²) in [6, 6.07) is 5.65. The second kappa shape index (κ2) is 8.72. The number of benzene rings is 1. The number of aliphatic hydroxyl groups is 1. The summed E-state index contributed by atoms with van der Waals surface area (Å²) in [7, 11) is 0. The van der Waals surface area contributed by atoms with Gasteiger partial charge >= 0.3 is 0 Å². The lowest BCUT2D eigenvalue weighted by atomic mass is 10.2. The van der Waals surface area contributed by atoms with E-state index in [4.69, 9.17) is 9.84 Å². The Kier molecular flexibility index (Phi) is 7.22. The predicted octanol–water partition coefficient (Wildman–Crippen LogP) is 2.36. The van der Waals surface area contributed by atoms with Crippen LogP contribution in [-0.2, 0) is 4.79 Å². The molecule has 0 aliphatic carbocycles. The zero-order valence-electron chi connectivity index (χ0n) is 10.9. The van der Waals surface area contributed by atoms with E-state index in [9.17, 15) is 4.79 Å². The van der Waals surface area contributed by atoms with Crippen LogP contribution in [0.25, 0.3) is 6.08 Å². The quantitative estimate of drug-likeness (QED) is 0.756. The highest BCUT2D eigenvalue weighted by molar-refractivity contribution is 9.10. The van der Waals surface area contributed by atoms with Gasteiger partial charge in [0.25, 0.3) is 0 Å². The van der Waals surface area contributed by atoms with Crippen molar-refractivity contribution in [2.75, 3.05) is 19.8 Å². The van der Waals surface area contributed by atoms with E-state index in [0.29, 0.717) is 6.61 Å². The van der Waals surface area contributed by atoms with E-state index in [1.807, 2.05) is 25.1 Å². The fourth-order valence-electron chi connectivity index (χ4n) is 1.40. The van der Waals surface area contributed by atoms with Crippen molar-refractivity contribution in [1.82, 2.24) is 5.32 Å². The van der Waals surface area contributed by atoms with Gasteiger partial charge in [-0.3, -0.25) is 4.79 Å². The number of amides is 1. The molecule has 0 spiro atoms. The maximum Gasteiger partial charge on any atom is 0.244 e. The molecule has 104 valence electrons. The van der Waals surface area contributed by atoms with Crippen LogP contribution in [-0.4, -0.2) is 30.8 Å². The Bertz CT molecular complexity index is 446. The van der Waals surface area contributed by atoms with E-state index in [1.54, 1.807) is 6.08 Å². The number of carbonyl (C=O) groups is 1. The van der Waals surface area contributed by atoms with Crippen LogP contribution in [0.3, 0.4) is 0 Å². The van der Waals surface area contributed by atoms with Crippen LogP contribution < -0.4 is 10.1 Å². The largest absolute Gasteiger partial charge is 0.493 e. The third-order valence-electron chi connectivity index (χ3n) is 2.26. The van der Waals surface area contributed by atoms with Gasteiger partial charge in [-0.25, -0.2) is 0 Å². The van der Waals surface area contributed by atoms with Gasteiger partial charge in [0.15, 0.2) is 0 Å². The number of hydrogen-bond acceptors (Lipinski definition) is 3. The summed E-state index contributed by atoms with van der Waals surface area (Å²) < 4.78 is 6.53. The molecule has 1 aromatic carbocycles. The summed E-state index contributed by atoms with van der Waals surface area (Å²) >= 11 is 3.39. The van der Waals surface area contributed by atoms with Gasteiger partial charge in [-0.1, -0.05) is 22.9 Å². The molecular formula is C14H18BrNO3. The normalized spacial score (nSPS) is 10.7. The van der Waals surface area contributed by atoms with Gasteiger partial charge in [0.1, 0.15) is 5.75 Å². The lowest BCUT2D eigenvalue weighted by molar-refractivity contribution is -0.116. The van der Waals surface area contributed by atoms with Crippen LogP contribution in [0.5, 0.6) is 5.75 Å². The van der Waals surface area contributed by atoms with Crippen molar-refractivity contribution in [2.45, 2.75) is 13.3 Å². The second-order valence-corrected chi connectivity index (χ2v) is 4.79. The van der Waals surface area contributed by atoms with Gasteiger partial charge in [-0.05, 0) is 30.7 Å². The van der Waals surface area contributed by atoms with Crippen molar-refractivity contribution in [3.8, 4) is 5.75 Å². The van der Waals surface area contributed by atoms with Crippen LogP contribution in [0.4, 0.5) is 0 Å². The predicted molar refractivity (Wildman–Crippen MR) is 79.1 cm³/mol. The van der Waals surface area contributed by atoms with Crippen LogP contribution in [0.2, 0.25) is 0 Å². The molecule has 0 saturated heterocycles. The minimum absolute atomic E-state index is 0.0681. The molecule has 0 saturated carbocycles. The van der Waals surface area contributed by atoms with Crippen molar-refractivity contribution in [3.63, 3.8) is 0 Å². The molecule has 4 nitrogen and oxygen atoms in total. The third kappa shape index (κ3) is 5.89. The highest BCUT2D eigenvalue weighted by Crippen LogP contribution is 2.24. The highest BCUT2D eigenvalue weighted by atomic mass is 79.9. The molecule has 1 rings (SSSR count). The first-order valence-electron chi connectivity index (χ1n) is 6.16. The average Bonchev–Trinajstić information content (AvgIpc) is 2.41. The highest BCUT2D eigenvalue weighted by Gasteiger charge is 2.02. The number of hydrogen-bond donors (Lipinski definition) is 2. The van der Waals surface area contributed by atoms with Gasteiger partial charge in [-0.2, -0.15) is 0 Å². The molecule has 19 heavy (non-hydrogen) atoms. The van der Waals surface area contributed by atoms with Crippen LogP contribution in [0, 0.1) is 0 Å². The maximum atomic E-state index is 11.4. The van der Waals surface area contributed by atoms with E-state index in [-0.39, 0.29) is 19.1 Å². The molecular weight excluding hydrogens is 310 g/mol. The van der Waals surface area contributed by atoms with Crippen molar-refractivity contribution in [1.29, 1.82) is 0 Å². The summed E-state index contributed by atoms with van der Waals surface area (Å²) in [4.78, 5) is 11.4. The molecule has 0 unspecified atom stereocenters. The smallest absolute Gasteiger partial charge is 0.244 e.